The molecule has 0 spiro atoms. The minimum atomic E-state index is 0.799. The average Bonchev–Trinajstić information content (AvgIpc) is 1.97. The minimum absolute atomic E-state index is 0.799. The zero-order valence-electron chi connectivity index (χ0n) is 8.30. The van der Waals surface area contributed by atoms with E-state index in [9.17, 15) is 0 Å². The van der Waals surface area contributed by atoms with Crippen molar-refractivity contribution >= 4 is 0 Å². The first kappa shape index (κ1) is 9.05. The highest BCUT2D eigenvalue weighted by atomic mass is 15.1. The van der Waals surface area contributed by atoms with Crippen LogP contribution in [0.2, 0.25) is 0 Å². The molecule has 0 aromatic heterocycles. The molecule has 0 radical (unpaired) electrons. The van der Waals surface area contributed by atoms with Gasteiger partial charge in [-0.25, -0.2) is 0 Å². The van der Waals surface area contributed by atoms with Gasteiger partial charge in [0.15, 0.2) is 0 Å². The van der Waals surface area contributed by atoms with Crippen LogP contribution in [-0.4, -0.2) is 24.5 Å². The Morgan fingerprint density at radius 1 is 1.36 bits per heavy atom. The SMILES string of the molecule is CCC1CN(C)C(C)CC1C. The molecule has 0 N–H and O–H groups in total. The molecule has 0 aromatic carbocycles. The summed E-state index contributed by atoms with van der Waals surface area (Å²) in [5.41, 5.74) is 0. The lowest BCUT2D eigenvalue weighted by Crippen LogP contribution is -2.42. The van der Waals surface area contributed by atoms with Gasteiger partial charge in [0.2, 0.25) is 0 Å². The zero-order valence-corrected chi connectivity index (χ0v) is 8.30. The van der Waals surface area contributed by atoms with Crippen molar-refractivity contribution < 1.29 is 0 Å². The first-order valence-electron chi connectivity index (χ1n) is 4.85. The summed E-state index contributed by atoms with van der Waals surface area (Å²) in [6.45, 7) is 8.35. The summed E-state index contributed by atoms with van der Waals surface area (Å²) in [5.74, 6) is 1.88. The van der Waals surface area contributed by atoms with Crippen molar-refractivity contribution in [1.82, 2.24) is 4.90 Å². The van der Waals surface area contributed by atoms with Gasteiger partial charge in [-0.1, -0.05) is 20.3 Å². The third-order valence-corrected chi connectivity index (χ3v) is 3.32. The smallest absolute Gasteiger partial charge is 0.00666 e. The number of rotatable bonds is 1. The Bertz CT molecular complexity index is 122. The Balaban J connectivity index is 2.48. The molecular formula is C10H21N. The van der Waals surface area contributed by atoms with Crippen LogP contribution in [0.3, 0.4) is 0 Å². The standard InChI is InChI=1S/C10H21N/c1-5-10-7-11(4)9(3)6-8(10)2/h8-10H,5-7H2,1-4H3. The predicted octanol–water partition coefficient (Wildman–Crippen LogP) is 2.37. The lowest BCUT2D eigenvalue weighted by molar-refractivity contribution is 0.0999. The van der Waals surface area contributed by atoms with E-state index in [1.165, 1.54) is 19.4 Å². The second-order valence-corrected chi connectivity index (χ2v) is 4.17. The van der Waals surface area contributed by atoms with Crippen LogP contribution in [0, 0.1) is 11.8 Å². The molecule has 0 aliphatic carbocycles. The lowest BCUT2D eigenvalue weighted by Gasteiger charge is -2.39. The fourth-order valence-electron chi connectivity index (χ4n) is 2.17. The molecule has 1 heteroatoms. The summed E-state index contributed by atoms with van der Waals surface area (Å²) < 4.78 is 0. The van der Waals surface area contributed by atoms with E-state index in [1.54, 1.807) is 0 Å². The molecule has 1 heterocycles. The number of likely N-dealkylation sites (tertiary alicyclic amines) is 1. The van der Waals surface area contributed by atoms with E-state index in [0.29, 0.717) is 0 Å². The van der Waals surface area contributed by atoms with Crippen molar-refractivity contribution in [3.63, 3.8) is 0 Å². The van der Waals surface area contributed by atoms with E-state index in [-0.39, 0.29) is 0 Å². The van der Waals surface area contributed by atoms with Gasteiger partial charge in [0, 0.05) is 12.6 Å². The van der Waals surface area contributed by atoms with E-state index in [1.807, 2.05) is 0 Å². The molecular weight excluding hydrogens is 134 g/mol. The summed E-state index contributed by atoms with van der Waals surface area (Å²) in [5, 5.41) is 0. The summed E-state index contributed by atoms with van der Waals surface area (Å²) in [6, 6.07) is 0.799. The lowest BCUT2D eigenvalue weighted by atomic mass is 9.82. The monoisotopic (exact) mass is 155 g/mol. The van der Waals surface area contributed by atoms with Gasteiger partial charge >= 0.3 is 0 Å². The first-order chi connectivity index (χ1) is 5.15. The Morgan fingerprint density at radius 3 is 2.55 bits per heavy atom. The molecule has 1 aliphatic heterocycles. The van der Waals surface area contributed by atoms with Crippen molar-refractivity contribution in [2.45, 2.75) is 39.7 Å². The summed E-state index contributed by atoms with van der Waals surface area (Å²) in [7, 11) is 2.25. The normalized spacial score (nSPS) is 40.9. The maximum Gasteiger partial charge on any atom is 0.00666 e. The number of piperidine rings is 1. The molecule has 1 fully saturated rings. The molecule has 11 heavy (non-hydrogen) atoms. The van der Waals surface area contributed by atoms with Crippen LogP contribution >= 0.6 is 0 Å². The van der Waals surface area contributed by atoms with Crippen molar-refractivity contribution in [3.8, 4) is 0 Å². The van der Waals surface area contributed by atoms with Crippen LogP contribution in [0.15, 0.2) is 0 Å². The molecule has 0 saturated carbocycles. The Labute approximate surface area is 70.8 Å². The summed E-state index contributed by atoms with van der Waals surface area (Å²) in [4.78, 5) is 2.49. The van der Waals surface area contributed by atoms with Gasteiger partial charge in [0.1, 0.15) is 0 Å². The Hall–Kier alpha value is -0.0400. The largest absolute Gasteiger partial charge is 0.303 e. The Kier molecular flexibility index (Phi) is 2.94. The van der Waals surface area contributed by atoms with Crippen molar-refractivity contribution in [3.05, 3.63) is 0 Å². The molecule has 3 atom stereocenters. The van der Waals surface area contributed by atoms with E-state index in [0.717, 1.165) is 17.9 Å². The van der Waals surface area contributed by atoms with Crippen LogP contribution in [0.25, 0.3) is 0 Å². The van der Waals surface area contributed by atoms with Gasteiger partial charge in [-0.3, -0.25) is 0 Å². The topological polar surface area (TPSA) is 3.24 Å². The fourth-order valence-corrected chi connectivity index (χ4v) is 2.17. The van der Waals surface area contributed by atoms with E-state index >= 15 is 0 Å². The van der Waals surface area contributed by atoms with Gasteiger partial charge in [0.05, 0.1) is 0 Å². The second-order valence-electron chi connectivity index (χ2n) is 4.17. The van der Waals surface area contributed by atoms with Crippen LogP contribution in [-0.2, 0) is 0 Å². The first-order valence-corrected chi connectivity index (χ1v) is 4.85. The van der Waals surface area contributed by atoms with E-state index in [2.05, 4.69) is 32.7 Å². The molecule has 3 unspecified atom stereocenters. The van der Waals surface area contributed by atoms with Gasteiger partial charge < -0.3 is 4.90 Å². The molecule has 1 saturated heterocycles. The van der Waals surface area contributed by atoms with Crippen molar-refractivity contribution in [2.75, 3.05) is 13.6 Å². The third-order valence-electron chi connectivity index (χ3n) is 3.32. The maximum atomic E-state index is 2.49. The minimum Gasteiger partial charge on any atom is -0.303 e. The van der Waals surface area contributed by atoms with Crippen molar-refractivity contribution in [2.24, 2.45) is 11.8 Å². The quantitative estimate of drug-likeness (QED) is 0.562. The second kappa shape index (κ2) is 3.57. The molecule has 1 rings (SSSR count). The molecule has 0 bridgehead atoms. The molecule has 66 valence electrons. The van der Waals surface area contributed by atoms with Crippen LogP contribution in [0.4, 0.5) is 0 Å². The third kappa shape index (κ3) is 1.96. The Morgan fingerprint density at radius 2 is 2.00 bits per heavy atom. The average molecular weight is 155 g/mol. The summed E-state index contributed by atoms with van der Waals surface area (Å²) >= 11 is 0. The van der Waals surface area contributed by atoms with E-state index in [4.69, 9.17) is 0 Å². The van der Waals surface area contributed by atoms with Crippen molar-refractivity contribution in [1.29, 1.82) is 0 Å². The highest BCUT2D eigenvalue weighted by molar-refractivity contribution is 4.80. The highest BCUT2D eigenvalue weighted by Crippen LogP contribution is 2.28. The number of hydrogen-bond donors (Lipinski definition) is 0. The van der Waals surface area contributed by atoms with Crippen LogP contribution < -0.4 is 0 Å². The van der Waals surface area contributed by atoms with Crippen LogP contribution in [0.5, 0.6) is 0 Å². The molecule has 1 nitrogen and oxygen atoms in total. The molecule has 0 aromatic rings. The summed E-state index contributed by atoms with van der Waals surface area (Å²) in [6.07, 6.45) is 2.73. The molecule has 0 amide bonds. The maximum absolute atomic E-state index is 2.49. The predicted molar refractivity (Wildman–Crippen MR) is 49.7 cm³/mol. The van der Waals surface area contributed by atoms with E-state index < -0.39 is 0 Å². The van der Waals surface area contributed by atoms with Gasteiger partial charge in [0.25, 0.3) is 0 Å². The fraction of sp³-hybridized carbons (Fsp3) is 1.00. The highest BCUT2D eigenvalue weighted by Gasteiger charge is 2.26. The van der Waals surface area contributed by atoms with Gasteiger partial charge in [-0.2, -0.15) is 0 Å². The number of hydrogen-bond acceptors (Lipinski definition) is 1. The van der Waals surface area contributed by atoms with Crippen LogP contribution in [0.1, 0.15) is 33.6 Å². The number of nitrogens with zero attached hydrogens (tertiary/aromatic N) is 1. The van der Waals surface area contributed by atoms with Gasteiger partial charge in [-0.15, -0.1) is 0 Å². The zero-order chi connectivity index (χ0) is 8.43. The van der Waals surface area contributed by atoms with Gasteiger partial charge in [-0.05, 0) is 32.2 Å². The molecule has 1 aliphatic rings.